The first-order valence-corrected chi connectivity index (χ1v) is 7.40. The summed E-state index contributed by atoms with van der Waals surface area (Å²) in [6, 6.07) is 10.5. The number of hydrogen-bond acceptors (Lipinski definition) is 5. The fraction of sp³-hybridized carbons (Fsp3) is 0.167. The molecule has 1 heterocycles. The van der Waals surface area contributed by atoms with Crippen LogP contribution >= 0.6 is 0 Å². The Balaban J connectivity index is 1.61. The zero-order valence-electron chi connectivity index (χ0n) is 13.3. The van der Waals surface area contributed by atoms with Crippen LogP contribution in [0.5, 0.6) is 0 Å². The fourth-order valence-corrected chi connectivity index (χ4v) is 2.25. The number of benzene rings is 2. The van der Waals surface area contributed by atoms with Crippen LogP contribution in [-0.4, -0.2) is 23.5 Å². The first-order chi connectivity index (χ1) is 11.5. The lowest BCUT2D eigenvalue weighted by atomic mass is 10.1. The molecule has 3 aromatic rings. The molecule has 3 rings (SSSR count). The monoisotopic (exact) mass is 324 g/mol. The summed E-state index contributed by atoms with van der Waals surface area (Å²) in [7, 11) is 0. The van der Waals surface area contributed by atoms with E-state index in [-0.39, 0.29) is 6.61 Å². The molecule has 0 saturated heterocycles. The van der Waals surface area contributed by atoms with Gasteiger partial charge in [0.05, 0.1) is 5.56 Å². The van der Waals surface area contributed by atoms with Crippen LogP contribution in [0, 0.1) is 13.8 Å². The van der Waals surface area contributed by atoms with E-state index in [1.54, 1.807) is 12.1 Å². The number of nitrogens with zero attached hydrogens (tertiary/aromatic N) is 1. The number of carbonyl (C=O) groups excluding carboxylic acids is 2. The minimum atomic E-state index is -0.593. The van der Waals surface area contributed by atoms with E-state index >= 15 is 0 Å². The molecule has 2 aromatic carbocycles. The molecule has 0 radical (unpaired) electrons. The number of carbonyl (C=O) groups is 2. The molecule has 0 saturated carbocycles. The second kappa shape index (κ2) is 6.54. The standard InChI is InChI=1S/C18H16N2O4/c1-11-3-4-12(2)15(7-11)20-17(21)9-23-18(22)13-5-6-14-16(8-13)24-10-19-14/h3-8,10H,9H2,1-2H3,(H,20,21). The third-order valence-corrected chi connectivity index (χ3v) is 3.57. The topological polar surface area (TPSA) is 81.4 Å². The summed E-state index contributed by atoms with van der Waals surface area (Å²) in [5, 5.41) is 2.74. The predicted molar refractivity (Wildman–Crippen MR) is 88.8 cm³/mol. The molecule has 0 atom stereocenters. The number of rotatable bonds is 4. The normalized spacial score (nSPS) is 10.6. The van der Waals surface area contributed by atoms with Crippen molar-refractivity contribution in [3.05, 3.63) is 59.5 Å². The summed E-state index contributed by atoms with van der Waals surface area (Å²) in [6.45, 7) is 3.48. The average Bonchev–Trinajstić information content (AvgIpc) is 3.03. The van der Waals surface area contributed by atoms with Gasteiger partial charge in [0.2, 0.25) is 0 Å². The number of fused-ring (bicyclic) bond motifs is 1. The van der Waals surface area contributed by atoms with Gasteiger partial charge < -0.3 is 14.5 Å². The van der Waals surface area contributed by atoms with E-state index in [1.807, 2.05) is 32.0 Å². The van der Waals surface area contributed by atoms with Crippen LogP contribution in [0.3, 0.4) is 0 Å². The van der Waals surface area contributed by atoms with Crippen molar-refractivity contribution in [1.82, 2.24) is 4.98 Å². The first kappa shape index (κ1) is 15.7. The number of ether oxygens (including phenoxy) is 1. The first-order valence-electron chi connectivity index (χ1n) is 7.40. The van der Waals surface area contributed by atoms with Crippen LogP contribution in [0.2, 0.25) is 0 Å². The summed E-state index contributed by atoms with van der Waals surface area (Å²) < 4.78 is 10.2. The molecule has 6 heteroatoms. The SMILES string of the molecule is Cc1ccc(C)c(NC(=O)COC(=O)c2ccc3ncoc3c2)c1. The van der Waals surface area contributed by atoms with Gasteiger partial charge in [-0.3, -0.25) is 4.79 Å². The van der Waals surface area contributed by atoms with Gasteiger partial charge in [0.15, 0.2) is 18.6 Å². The molecule has 24 heavy (non-hydrogen) atoms. The van der Waals surface area contributed by atoms with E-state index in [1.165, 1.54) is 12.5 Å². The summed E-state index contributed by atoms with van der Waals surface area (Å²) in [5.74, 6) is -0.984. The molecule has 1 N–H and O–H groups in total. The lowest BCUT2D eigenvalue weighted by molar-refractivity contribution is -0.119. The molecule has 0 fully saturated rings. The average molecular weight is 324 g/mol. The number of aryl methyl sites for hydroxylation is 2. The Bertz CT molecular complexity index is 914. The minimum absolute atomic E-state index is 0.304. The van der Waals surface area contributed by atoms with Crippen molar-refractivity contribution in [2.75, 3.05) is 11.9 Å². The molecular formula is C18H16N2O4. The Labute approximate surface area is 138 Å². The molecule has 6 nitrogen and oxygen atoms in total. The minimum Gasteiger partial charge on any atom is -0.452 e. The zero-order chi connectivity index (χ0) is 17.1. The Morgan fingerprint density at radius 2 is 2.00 bits per heavy atom. The molecule has 0 aliphatic heterocycles. The lowest BCUT2D eigenvalue weighted by Crippen LogP contribution is -2.21. The van der Waals surface area contributed by atoms with Crippen LogP contribution in [0.4, 0.5) is 5.69 Å². The smallest absolute Gasteiger partial charge is 0.338 e. The van der Waals surface area contributed by atoms with Crippen LogP contribution in [0.1, 0.15) is 21.5 Å². The molecule has 0 bridgehead atoms. The Kier molecular flexibility index (Phi) is 4.29. The van der Waals surface area contributed by atoms with E-state index in [9.17, 15) is 9.59 Å². The van der Waals surface area contributed by atoms with Gasteiger partial charge in [-0.25, -0.2) is 9.78 Å². The van der Waals surface area contributed by atoms with Crippen molar-refractivity contribution in [3.63, 3.8) is 0 Å². The van der Waals surface area contributed by atoms with Crippen LogP contribution in [0.15, 0.2) is 47.2 Å². The van der Waals surface area contributed by atoms with Crippen molar-refractivity contribution in [1.29, 1.82) is 0 Å². The van der Waals surface area contributed by atoms with Crippen molar-refractivity contribution in [3.8, 4) is 0 Å². The second-order valence-electron chi connectivity index (χ2n) is 5.48. The van der Waals surface area contributed by atoms with Crippen LogP contribution in [-0.2, 0) is 9.53 Å². The van der Waals surface area contributed by atoms with E-state index in [2.05, 4.69) is 10.3 Å². The lowest BCUT2D eigenvalue weighted by Gasteiger charge is -2.10. The highest BCUT2D eigenvalue weighted by atomic mass is 16.5. The third-order valence-electron chi connectivity index (χ3n) is 3.57. The number of anilines is 1. The number of oxazole rings is 1. The van der Waals surface area contributed by atoms with Crippen LogP contribution < -0.4 is 5.32 Å². The van der Waals surface area contributed by atoms with Gasteiger partial charge in [-0.05, 0) is 49.2 Å². The number of amides is 1. The highest BCUT2D eigenvalue weighted by Gasteiger charge is 2.13. The van der Waals surface area contributed by atoms with Crippen molar-refractivity contribution in [2.24, 2.45) is 0 Å². The van der Waals surface area contributed by atoms with Gasteiger partial charge in [0.25, 0.3) is 5.91 Å². The van der Waals surface area contributed by atoms with Gasteiger partial charge in [-0.15, -0.1) is 0 Å². The van der Waals surface area contributed by atoms with Gasteiger partial charge in [0.1, 0.15) is 5.52 Å². The number of hydrogen-bond donors (Lipinski definition) is 1. The largest absolute Gasteiger partial charge is 0.452 e. The quantitative estimate of drug-likeness (QED) is 0.745. The fourth-order valence-electron chi connectivity index (χ4n) is 2.25. The number of aromatic nitrogens is 1. The van der Waals surface area contributed by atoms with Crippen molar-refractivity contribution < 1.29 is 18.7 Å². The maximum Gasteiger partial charge on any atom is 0.338 e. The van der Waals surface area contributed by atoms with Gasteiger partial charge >= 0.3 is 5.97 Å². The summed E-state index contributed by atoms with van der Waals surface area (Å²) in [4.78, 5) is 28.0. The Morgan fingerprint density at radius 1 is 1.17 bits per heavy atom. The highest BCUT2D eigenvalue weighted by molar-refractivity contribution is 5.97. The molecule has 0 aliphatic carbocycles. The summed E-state index contributed by atoms with van der Waals surface area (Å²) in [5.41, 5.74) is 4.13. The Hall–Kier alpha value is -3.15. The molecule has 1 aromatic heterocycles. The zero-order valence-corrected chi connectivity index (χ0v) is 13.3. The number of esters is 1. The van der Waals surface area contributed by atoms with Crippen molar-refractivity contribution in [2.45, 2.75) is 13.8 Å². The summed E-state index contributed by atoms with van der Waals surface area (Å²) >= 11 is 0. The molecule has 1 amide bonds. The van der Waals surface area contributed by atoms with E-state index in [0.29, 0.717) is 22.4 Å². The maximum absolute atomic E-state index is 12.0. The second-order valence-corrected chi connectivity index (χ2v) is 5.48. The molecule has 0 unspecified atom stereocenters. The van der Waals surface area contributed by atoms with E-state index in [0.717, 1.165) is 11.1 Å². The van der Waals surface area contributed by atoms with Gasteiger partial charge in [-0.1, -0.05) is 12.1 Å². The van der Waals surface area contributed by atoms with E-state index < -0.39 is 11.9 Å². The Morgan fingerprint density at radius 3 is 2.83 bits per heavy atom. The van der Waals surface area contributed by atoms with E-state index in [4.69, 9.17) is 9.15 Å². The van der Waals surface area contributed by atoms with Gasteiger partial charge in [-0.2, -0.15) is 0 Å². The third kappa shape index (κ3) is 3.43. The number of nitrogens with one attached hydrogen (secondary N) is 1. The van der Waals surface area contributed by atoms with Gasteiger partial charge in [0, 0.05) is 5.69 Å². The predicted octanol–water partition coefficient (Wildman–Crippen LogP) is 3.24. The molecule has 122 valence electrons. The van der Waals surface area contributed by atoms with Crippen molar-refractivity contribution >= 4 is 28.7 Å². The molecular weight excluding hydrogens is 308 g/mol. The molecule has 0 aliphatic rings. The maximum atomic E-state index is 12.0. The van der Waals surface area contributed by atoms with Crippen LogP contribution in [0.25, 0.3) is 11.1 Å². The highest BCUT2D eigenvalue weighted by Crippen LogP contribution is 2.17. The summed E-state index contributed by atoms with van der Waals surface area (Å²) in [6.07, 6.45) is 1.30. The molecule has 0 spiro atoms.